The summed E-state index contributed by atoms with van der Waals surface area (Å²) in [5, 5.41) is 6.93. The minimum absolute atomic E-state index is 0.232. The Morgan fingerprint density at radius 3 is 2.71 bits per heavy atom. The summed E-state index contributed by atoms with van der Waals surface area (Å²) < 4.78 is 5.81. The number of nitrogens with zero attached hydrogens (tertiary/aromatic N) is 1. The summed E-state index contributed by atoms with van der Waals surface area (Å²) in [7, 11) is 1.93. The predicted octanol–water partition coefficient (Wildman–Crippen LogP) is 5.32. The molecule has 0 fully saturated rings. The smallest absolute Gasteiger partial charge is 0.121 e. The van der Waals surface area contributed by atoms with E-state index in [9.17, 15) is 0 Å². The molecule has 0 bridgehead atoms. The first-order valence-electron chi connectivity index (χ1n) is 7.76. The van der Waals surface area contributed by atoms with Crippen LogP contribution in [0, 0.1) is 0 Å². The molecule has 0 aliphatic heterocycles. The number of nitrogens with one attached hydrogen (secondary N) is 1. The molecule has 24 heavy (non-hydrogen) atoms. The third-order valence-corrected chi connectivity index (χ3v) is 5.13. The van der Waals surface area contributed by atoms with Gasteiger partial charge in [0.15, 0.2) is 0 Å². The van der Waals surface area contributed by atoms with Gasteiger partial charge in [0.25, 0.3) is 0 Å². The van der Waals surface area contributed by atoms with Gasteiger partial charge >= 0.3 is 0 Å². The SMILES string of the molecule is CNC(C)c1nc(-c2ccc(OCc3ccccc3)cc2Cl)cs1. The molecule has 3 rings (SSSR count). The van der Waals surface area contributed by atoms with E-state index in [4.69, 9.17) is 16.3 Å². The van der Waals surface area contributed by atoms with Crippen LogP contribution in [0.1, 0.15) is 23.5 Å². The van der Waals surface area contributed by atoms with Crippen molar-refractivity contribution in [3.05, 3.63) is 69.5 Å². The molecule has 0 saturated heterocycles. The van der Waals surface area contributed by atoms with Gasteiger partial charge in [-0.05, 0) is 37.7 Å². The van der Waals surface area contributed by atoms with E-state index in [1.54, 1.807) is 11.3 Å². The number of rotatable bonds is 6. The largest absolute Gasteiger partial charge is 0.489 e. The van der Waals surface area contributed by atoms with Crippen LogP contribution in [0.4, 0.5) is 0 Å². The van der Waals surface area contributed by atoms with Crippen molar-refractivity contribution in [2.24, 2.45) is 0 Å². The van der Waals surface area contributed by atoms with Crippen LogP contribution in [0.5, 0.6) is 5.75 Å². The minimum atomic E-state index is 0.232. The lowest BCUT2D eigenvalue weighted by atomic mass is 10.1. The van der Waals surface area contributed by atoms with E-state index >= 15 is 0 Å². The van der Waals surface area contributed by atoms with Crippen molar-refractivity contribution in [2.45, 2.75) is 19.6 Å². The number of benzene rings is 2. The van der Waals surface area contributed by atoms with Crippen molar-refractivity contribution in [3.8, 4) is 17.0 Å². The lowest BCUT2D eigenvalue weighted by Crippen LogP contribution is -2.11. The highest BCUT2D eigenvalue weighted by Crippen LogP contribution is 2.33. The Morgan fingerprint density at radius 2 is 2.00 bits per heavy atom. The zero-order valence-corrected chi connectivity index (χ0v) is 15.2. The molecule has 0 saturated carbocycles. The zero-order chi connectivity index (χ0) is 16.9. The average molecular weight is 359 g/mol. The first-order chi connectivity index (χ1) is 11.7. The number of halogens is 1. The summed E-state index contributed by atoms with van der Waals surface area (Å²) >= 11 is 8.07. The predicted molar refractivity (Wildman–Crippen MR) is 101 cm³/mol. The molecule has 1 heterocycles. The van der Waals surface area contributed by atoms with Gasteiger partial charge < -0.3 is 10.1 Å². The van der Waals surface area contributed by atoms with E-state index in [1.165, 1.54) is 0 Å². The van der Waals surface area contributed by atoms with Gasteiger partial charge in [0, 0.05) is 10.9 Å². The number of hydrogen-bond donors (Lipinski definition) is 1. The second kappa shape index (κ2) is 7.79. The van der Waals surface area contributed by atoms with Crippen LogP contribution in [0.25, 0.3) is 11.3 Å². The molecule has 0 radical (unpaired) electrons. The minimum Gasteiger partial charge on any atom is -0.489 e. The molecule has 0 amide bonds. The Kier molecular flexibility index (Phi) is 5.51. The Labute approximate surface area is 151 Å². The fourth-order valence-corrected chi connectivity index (χ4v) is 3.42. The van der Waals surface area contributed by atoms with E-state index in [0.717, 1.165) is 27.6 Å². The van der Waals surface area contributed by atoms with E-state index in [-0.39, 0.29) is 6.04 Å². The summed E-state index contributed by atoms with van der Waals surface area (Å²) in [6, 6.07) is 16.0. The molecule has 1 unspecified atom stereocenters. The Hall–Kier alpha value is -1.88. The van der Waals surface area contributed by atoms with Crippen LogP contribution in [0.15, 0.2) is 53.9 Å². The molecule has 1 aromatic heterocycles. The van der Waals surface area contributed by atoms with E-state index in [0.29, 0.717) is 11.6 Å². The lowest BCUT2D eigenvalue weighted by Gasteiger charge is -2.09. The lowest BCUT2D eigenvalue weighted by molar-refractivity contribution is 0.306. The van der Waals surface area contributed by atoms with Crippen LogP contribution in [0.3, 0.4) is 0 Å². The zero-order valence-electron chi connectivity index (χ0n) is 13.6. The van der Waals surface area contributed by atoms with E-state index < -0.39 is 0 Å². The topological polar surface area (TPSA) is 34.2 Å². The van der Waals surface area contributed by atoms with Gasteiger partial charge in [-0.2, -0.15) is 0 Å². The molecular weight excluding hydrogens is 340 g/mol. The summed E-state index contributed by atoms with van der Waals surface area (Å²) in [6.45, 7) is 2.61. The van der Waals surface area contributed by atoms with Crippen molar-refractivity contribution in [2.75, 3.05) is 7.05 Å². The fourth-order valence-electron chi connectivity index (χ4n) is 2.27. The van der Waals surface area contributed by atoms with Crippen LogP contribution in [-0.4, -0.2) is 12.0 Å². The van der Waals surface area contributed by atoms with Gasteiger partial charge in [-0.25, -0.2) is 4.98 Å². The highest BCUT2D eigenvalue weighted by atomic mass is 35.5. The molecule has 2 aromatic carbocycles. The highest BCUT2D eigenvalue weighted by molar-refractivity contribution is 7.10. The molecule has 1 atom stereocenters. The third kappa shape index (κ3) is 3.96. The van der Waals surface area contributed by atoms with Gasteiger partial charge in [0.2, 0.25) is 0 Å². The van der Waals surface area contributed by atoms with E-state index in [1.807, 2.05) is 61.0 Å². The van der Waals surface area contributed by atoms with Crippen molar-refractivity contribution < 1.29 is 4.74 Å². The first-order valence-corrected chi connectivity index (χ1v) is 9.02. The van der Waals surface area contributed by atoms with Crippen LogP contribution in [-0.2, 0) is 6.61 Å². The normalized spacial score (nSPS) is 12.1. The van der Waals surface area contributed by atoms with Crippen LogP contribution < -0.4 is 10.1 Å². The van der Waals surface area contributed by atoms with Gasteiger partial charge in [-0.1, -0.05) is 41.9 Å². The van der Waals surface area contributed by atoms with Crippen molar-refractivity contribution >= 4 is 22.9 Å². The Balaban J connectivity index is 1.74. The van der Waals surface area contributed by atoms with Crippen molar-refractivity contribution in [1.82, 2.24) is 10.3 Å². The molecular formula is C19H19ClN2OS. The number of thiazole rings is 1. The Bertz CT molecular complexity index is 804. The van der Waals surface area contributed by atoms with Crippen molar-refractivity contribution in [3.63, 3.8) is 0 Å². The maximum atomic E-state index is 6.44. The first kappa shape index (κ1) is 17.0. The molecule has 0 aliphatic carbocycles. The molecule has 3 nitrogen and oxygen atoms in total. The summed E-state index contributed by atoms with van der Waals surface area (Å²) in [4.78, 5) is 4.67. The molecule has 1 N–H and O–H groups in total. The number of hydrogen-bond acceptors (Lipinski definition) is 4. The standard InChI is InChI=1S/C19H19ClN2OS/c1-13(21-2)19-22-18(12-24-19)16-9-8-15(10-17(16)20)23-11-14-6-4-3-5-7-14/h3-10,12-13,21H,11H2,1-2H3. The quantitative estimate of drug-likeness (QED) is 0.647. The maximum Gasteiger partial charge on any atom is 0.121 e. The van der Waals surface area contributed by atoms with Crippen molar-refractivity contribution in [1.29, 1.82) is 0 Å². The number of aromatic nitrogens is 1. The summed E-state index contributed by atoms with van der Waals surface area (Å²) in [5.41, 5.74) is 2.95. The van der Waals surface area contributed by atoms with Gasteiger partial charge in [0.1, 0.15) is 17.4 Å². The van der Waals surface area contributed by atoms with Gasteiger partial charge in [-0.15, -0.1) is 11.3 Å². The molecule has 0 aliphatic rings. The average Bonchev–Trinajstić information content (AvgIpc) is 3.10. The molecule has 3 aromatic rings. The van der Waals surface area contributed by atoms with Gasteiger partial charge in [0.05, 0.1) is 16.8 Å². The summed E-state index contributed by atoms with van der Waals surface area (Å²) in [5.74, 6) is 0.756. The fraction of sp³-hybridized carbons (Fsp3) is 0.211. The number of ether oxygens (including phenoxy) is 1. The molecule has 5 heteroatoms. The van der Waals surface area contributed by atoms with E-state index in [2.05, 4.69) is 17.2 Å². The second-order valence-electron chi connectivity index (χ2n) is 5.50. The highest BCUT2D eigenvalue weighted by Gasteiger charge is 2.12. The van der Waals surface area contributed by atoms with Gasteiger partial charge in [-0.3, -0.25) is 0 Å². The Morgan fingerprint density at radius 1 is 1.21 bits per heavy atom. The molecule has 124 valence electrons. The van der Waals surface area contributed by atoms with Crippen LogP contribution in [0.2, 0.25) is 5.02 Å². The third-order valence-electron chi connectivity index (χ3n) is 3.79. The van der Waals surface area contributed by atoms with Crippen LogP contribution >= 0.6 is 22.9 Å². The summed E-state index contributed by atoms with van der Waals surface area (Å²) in [6.07, 6.45) is 0. The second-order valence-corrected chi connectivity index (χ2v) is 6.79. The monoisotopic (exact) mass is 358 g/mol. The maximum absolute atomic E-state index is 6.44. The molecule has 0 spiro atoms.